The van der Waals surface area contributed by atoms with Crippen molar-refractivity contribution in [3.63, 3.8) is 0 Å². The molecule has 0 aliphatic rings. The Balaban J connectivity index is 2.31. The molecule has 0 aliphatic carbocycles. The Bertz CT molecular complexity index is 635. The summed E-state index contributed by atoms with van der Waals surface area (Å²) in [5.74, 6) is 0.849. The Kier molecular flexibility index (Phi) is 5.59. The highest BCUT2D eigenvalue weighted by Gasteiger charge is 2.31. The zero-order valence-corrected chi connectivity index (χ0v) is 15.9. The van der Waals surface area contributed by atoms with Gasteiger partial charge >= 0.3 is 0 Å². The highest BCUT2D eigenvalue weighted by Crippen LogP contribution is 2.29. The van der Waals surface area contributed by atoms with Gasteiger partial charge in [0.1, 0.15) is 5.75 Å². The Labute approximate surface area is 142 Å². The van der Waals surface area contributed by atoms with Crippen LogP contribution in [0.15, 0.2) is 54.6 Å². The van der Waals surface area contributed by atoms with Gasteiger partial charge in [-0.3, -0.25) is 4.79 Å². The molecular formula is C18H21BrO2Si. The van der Waals surface area contributed by atoms with Crippen molar-refractivity contribution in [3.05, 3.63) is 60.2 Å². The van der Waals surface area contributed by atoms with Crippen molar-refractivity contribution >= 4 is 35.9 Å². The van der Waals surface area contributed by atoms with Crippen LogP contribution < -0.4 is 9.61 Å². The number of rotatable bonds is 5. The van der Waals surface area contributed by atoms with Crippen LogP contribution in [0.2, 0.25) is 5.04 Å². The predicted octanol–water partition coefficient (Wildman–Crippen LogP) is 4.07. The van der Waals surface area contributed by atoms with Gasteiger partial charge in [0.05, 0.1) is 5.33 Å². The van der Waals surface area contributed by atoms with Crippen LogP contribution in [0.4, 0.5) is 0 Å². The van der Waals surface area contributed by atoms with E-state index in [1.54, 1.807) is 0 Å². The van der Waals surface area contributed by atoms with E-state index in [1.165, 1.54) is 5.19 Å². The summed E-state index contributed by atoms with van der Waals surface area (Å²) >= 11 is 3.21. The fourth-order valence-corrected chi connectivity index (χ4v) is 5.13. The monoisotopic (exact) mass is 376 g/mol. The summed E-state index contributed by atoms with van der Waals surface area (Å²) in [6.45, 7) is 6.64. The Morgan fingerprint density at radius 2 is 1.77 bits per heavy atom. The average molecular weight is 377 g/mol. The first-order valence-corrected chi connectivity index (χ1v) is 10.1. The molecule has 0 bridgehead atoms. The lowest BCUT2D eigenvalue weighted by Crippen LogP contribution is -2.44. The number of hydrogen-bond acceptors (Lipinski definition) is 2. The van der Waals surface area contributed by atoms with Gasteiger partial charge in [-0.25, -0.2) is 0 Å². The van der Waals surface area contributed by atoms with Gasteiger partial charge in [-0.1, -0.05) is 79.2 Å². The summed E-state index contributed by atoms with van der Waals surface area (Å²) in [4.78, 5) is 11.8. The predicted molar refractivity (Wildman–Crippen MR) is 98.1 cm³/mol. The van der Waals surface area contributed by atoms with E-state index >= 15 is 0 Å². The quantitative estimate of drug-likeness (QED) is 0.446. The molecule has 2 nitrogen and oxygen atoms in total. The molecule has 2 aromatic carbocycles. The van der Waals surface area contributed by atoms with Gasteiger partial charge < -0.3 is 4.43 Å². The minimum atomic E-state index is -1.69. The Morgan fingerprint density at radius 1 is 1.09 bits per heavy atom. The van der Waals surface area contributed by atoms with Crippen LogP contribution in [0.1, 0.15) is 31.1 Å². The fourth-order valence-electron chi connectivity index (χ4n) is 2.33. The summed E-state index contributed by atoms with van der Waals surface area (Å²) in [6.07, 6.45) is 0. The molecule has 2 rings (SSSR count). The van der Waals surface area contributed by atoms with Crippen molar-refractivity contribution in [3.8, 4) is 5.75 Å². The number of alkyl halides is 1. The molecule has 0 aromatic heterocycles. The van der Waals surface area contributed by atoms with Crippen LogP contribution in [-0.4, -0.2) is 20.2 Å². The smallest absolute Gasteiger partial charge is 0.272 e. The van der Waals surface area contributed by atoms with Crippen molar-refractivity contribution in [2.45, 2.75) is 25.8 Å². The molecule has 22 heavy (non-hydrogen) atoms. The maximum absolute atomic E-state index is 11.8. The van der Waals surface area contributed by atoms with E-state index in [-0.39, 0.29) is 10.8 Å². The maximum atomic E-state index is 11.8. The van der Waals surface area contributed by atoms with Crippen molar-refractivity contribution < 1.29 is 9.22 Å². The molecule has 0 spiro atoms. The van der Waals surface area contributed by atoms with Crippen molar-refractivity contribution in [1.29, 1.82) is 0 Å². The van der Waals surface area contributed by atoms with Crippen LogP contribution in [0.5, 0.6) is 5.75 Å². The third-order valence-electron chi connectivity index (χ3n) is 3.42. The molecule has 0 amide bonds. The molecule has 1 unspecified atom stereocenters. The van der Waals surface area contributed by atoms with E-state index in [2.05, 4.69) is 61.0 Å². The van der Waals surface area contributed by atoms with Crippen LogP contribution >= 0.6 is 15.9 Å². The van der Waals surface area contributed by atoms with Crippen molar-refractivity contribution in [2.75, 3.05) is 5.33 Å². The largest absolute Gasteiger partial charge is 0.541 e. The summed E-state index contributed by atoms with van der Waals surface area (Å²) in [7, 11) is -1.69. The molecular weight excluding hydrogens is 356 g/mol. The first kappa shape index (κ1) is 17.0. The zero-order chi connectivity index (χ0) is 16.2. The third kappa shape index (κ3) is 4.30. The summed E-state index contributed by atoms with van der Waals surface area (Å²) in [6, 6.07) is 17.9. The highest BCUT2D eigenvalue weighted by molar-refractivity contribution is 9.09. The summed E-state index contributed by atoms with van der Waals surface area (Å²) in [5.41, 5.74) is 0.684. The molecule has 0 saturated heterocycles. The van der Waals surface area contributed by atoms with Gasteiger partial charge in [0.15, 0.2) is 5.78 Å². The molecule has 116 valence electrons. The number of halogens is 1. The van der Waals surface area contributed by atoms with E-state index in [4.69, 9.17) is 4.43 Å². The molecule has 0 radical (unpaired) electrons. The number of benzene rings is 2. The second-order valence-electron chi connectivity index (χ2n) is 6.36. The Morgan fingerprint density at radius 3 is 2.36 bits per heavy atom. The second kappa shape index (κ2) is 7.25. The van der Waals surface area contributed by atoms with E-state index in [0.29, 0.717) is 10.9 Å². The highest BCUT2D eigenvalue weighted by atomic mass is 79.9. The molecule has 2 aromatic rings. The second-order valence-corrected chi connectivity index (χ2v) is 10.3. The lowest BCUT2D eigenvalue weighted by atomic mass is 10.1. The zero-order valence-electron chi connectivity index (χ0n) is 13.2. The van der Waals surface area contributed by atoms with Crippen LogP contribution in [-0.2, 0) is 0 Å². The van der Waals surface area contributed by atoms with Crippen molar-refractivity contribution in [2.24, 2.45) is 0 Å². The molecule has 0 fully saturated rings. The minimum absolute atomic E-state index is 0.0686. The third-order valence-corrected chi connectivity index (χ3v) is 7.00. The molecule has 4 heteroatoms. The van der Waals surface area contributed by atoms with Gasteiger partial charge in [0, 0.05) is 5.56 Å². The van der Waals surface area contributed by atoms with Gasteiger partial charge in [-0.15, -0.1) is 0 Å². The van der Waals surface area contributed by atoms with E-state index in [9.17, 15) is 4.79 Å². The fraction of sp³-hybridized carbons (Fsp3) is 0.278. The van der Waals surface area contributed by atoms with E-state index in [0.717, 1.165) is 5.75 Å². The van der Waals surface area contributed by atoms with Gasteiger partial charge in [-0.2, -0.15) is 0 Å². The molecule has 0 saturated carbocycles. The minimum Gasteiger partial charge on any atom is -0.541 e. The number of carbonyl (C=O) groups is 1. The summed E-state index contributed by atoms with van der Waals surface area (Å²) in [5, 5.41) is 1.68. The van der Waals surface area contributed by atoms with E-state index in [1.807, 2.05) is 30.3 Å². The molecule has 0 aliphatic heterocycles. The number of ketones is 1. The van der Waals surface area contributed by atoms with Gasteiger partial charge in [-0.05, 0) is 22.4 Å². The van der Waals surface area contributed by atoms with Gasteiger partial charge in [0.2, 0.25) is 0 Å². The van der Waals surface area contributed by atoms with E-state index < -0.39 is 9.04 Å². The first-order valence-electron chi connectivity index (χ1n) is 7.32. The van der Waals surface area contributed by atoms with Crippen LogP contribution in [0, 0.1) is 0 Å². The summed E-state index contributed by atoms with van der Waals surface area (Å²) < 4.78 is 6.37. The lowest BCUT2D eigenvalue weighted by molar-refractivity contribution is 0.102. The Hall–Kier alpha value is -1.39. The topological polar surface area (TPSA) is 26.3 Å². The molecule has 1 atom stereocenters. The van der Waals surface area contributed by atoms with Gasteiger partial charge in [0.25, 0.3) is 9.04 Å². The van der Waals surface area contributed by atoms with Crippen LogP contribution in [0.3, 0.4) is 0 Å². The van der Waals surface area contributed by atoms with Crippen molar-refractivity contribution in [1.82, 2.24) is 0 Å². The average Bonchev–Trinajstić information content (AvgIpc) is 2.52. The number of Topliss-reactive ketones (excluding diaryl/α,β-unsaturated/α-hetero) is 1. The normalized spacial score (nSPS) is 12.7. The SMILES string of the molecule is CC(C)(C)[SiH](Oc1cccc(C(=O)CBr)c1)c1ccccc1. The first-order chi connectivity index (χ1) is 10.4. The number of hydrogen-bond donors (Lipinski definition) is 0. The molecule has 0 heterocycles. The number of carbonyl (C=O) groups excluding carboxylic acids is 1. The van der Waals surface area contributed by atoms with Crippen LogP contribution in [0.25, 0.3) is 0 Å². The molecule has 0 N–H and O–H groups in total. The maximum Gasteiger partial charge on any atom is 0.272 e. The lowest BCUT2D eigenvalue weighted by Gasteiger charge is -2.30. The standard InChI is InChI=1S/C18H21BrO2Si/c1-18(2,3)22(16-10-5-4-6-11-16)21-15-9-7-8-14(12-15)17(20)13-19/h4-12,22H,13H2,1-3H3.